The molecule has 2 amide bonds. The Bertz CT molecular complexity index is 1020. The van der Waals surface area contributed by atoms with E-state index < -0.39 is 19.0 Å². The molecule has 1 N–H and O–H groups in total. The molecule has 0 spiro atoms. The van der Waals surface area contributed by atoms with Crippen LogP contribution >= 0.6 is 7.26 Å². The second-order valence-electron chi connectivity index (χ2n) is 10.4. The van der Waals surface area contributed by atoms with Crippen molar-refractivity contribution < 1.29 is 14.3 Å². The molecular formula is C31H40N2O3P+. The molecule has 3 rings (SSSR count). The molecule has 0 unspecified atom stereocenters. The van der Waals surface area contributed by atoms with Gasteiger partial charge in [-0.15, -0.1) is 0 Å². The highest BCUT2D eigenvalue weighted by molar-refractivity contribution is 7.95. The van der Waals surface area contributed by atoms with E-state index in [9.17, 15) is 9.59 Å². The fourth-order valence-corrected chi connectivity index (χ4v) is 8.91. The van der Waals surface area contributed by atoms with Crippen molar-refractivity contribution >= 4 is 35.2 Å². The lowest BCUT2D eigenvalue weighted by molar-refractivity contribution is -0.121. The zero-order valence-corrected chi connectivity index (χ0v) is 23.4. The van der Waals surface area contributed by atoms with Crippen LogP contribution in [0.15, 0.2) is 91.0 Å². The summed E-state index contributed by atoms with van der Waals surface area (Å²) in [6.07, 6.45) is 2.74. The first-order valence-corrected chi connectivity index (χ1v) is 14.9. The molecule has 0 aromatic heterocycles. The molecule has 0 aliphatic rings. The normalized spacial score (nSPS) is 11.8. The minimum Gasteiger partial charge on any atom is -0.444 e. The number of nitrogens with one attached hydrogen (secondary N) is 1. The number of amides is 2. The third kappa shape index (κ3) is 8.52. The van der Waals surface area contributed by atoms with Gasteiger partial charge in [-0.05, 0) is 83.6 Å². The number of imide groups is 1. The van der Waals surface area contributed by atoms with Gasteiger partial charge in [0.05, 0.1) is 6.16 Å². The van der Waals surface area contributed by atoms with Gasteiger partial charge in [0, 0.05) is 13.0 Å². The van der Waals surface area contributed by atoms with Gasteiger partial charge < -0.3 is 9.64 Å². The van der Waals surface area contributed by atoms with Crippen molar-refractivity contribution in [3.05, 3.63) is 91.0 Å². The lowest BCUT2D eigenvalue weighted by atomic mass is 10.2. The van der Waals surface area contributed by atoms with Crippen LogP contribution in [0, 0.1) is 0 Å². The fraction of sp³-hybridized carbons (Fsp3) is 0.355. The average molecular weight is 520 g/mol. The second kappa shape index (κ2) is 13.5. The first-order chi connectivity index (χ1) is 17.7. The molecule has 0 saturated carbocycles. The molecule has 0 saturated heterocycles. The second-order valence-corrected chi connectivity index (χ2v) is 14.0. The smallest absolute Gasteiger partial charge is 0.414 e. The predicted octanol–water partition coefficient (Wildman–Crippen LogP) is 5.13. The van der Waals surface area contributed by atoms with Crippen molar-refractivity contribution in [2.75, 3.05) is 26.3 Å². The number of hydrogen-bond donors (Lipinski definition) is 1. The number of benzene rings is 3. The van der Waals surface area contributed by atoms with Crippen molar-refractivity contribution in [2.24, 2.45) is 0 Å². The largest absolute Gasteiger partial charge is 0.444 e. The maximum atomic E-state index is 12.1. The highest BCUT2D eigenvalue weighted by Gasteiger charge is 2.44. The van der Waals surface area contributed by atoms with Crippen LogP contribution < -0.4 is 21.2 Å². The summed E-state index contributed by atoms with van der Waals surface area (Å²) in [4.78, 5) is 26.1. The lowest BCUT2D eigenvalue weighted by Crippen LogP contribution is -2.37. The van der Waals surface area contributed by atoms with Gasteiger partial charge in [0.1, 0.15) is 28.8 Å². The summed E-state index contributed by atoms with van der Waals surface area (Å²) in [7, 11) is 0.211. The van der Waals surface area contributed by atoms with Crippen LogP contribution in [-0.2, 0) is 9.53 Å². The van der Waals surface area contributed by atoms with E-state index in [0.717, 1.165) is 25.5 Å². The van der Waals surface area contributed by atoms with E-state index >= 15 is 0 Å². The average Bonchev–Trinajstić information content (AvgIpc) is 2.88. The molecular weight excluding hydrogens is 479 g/mol. The van der Waals surface area contributed by atoms with Crippen LogP contribution in [0.1, 0.15) is 40.0 Å². The van der Waals surface area contributed by atoms with Gasteiger partial charge in [-0.1, -0.05) is 54.6 Å². The maximum Gasteiger partial charge on any atom is 0.414 e. The number of hydrogen-bond acceptors (Lipinski definition) is 4. The Morgan fingerprint density at radius 1 is 0.757 bits per heavy atom. The Balaban J connectivity index is 1.63. The van der Waals surface area contributed by atoms with Gasteiger partial charge in [0.2, 0.25) is 5.91 Å². The fourth-order valence-electron chi connectivity index (χ4n) is 4.50. The third-order valence-corrected chi connectivity index (χ3v) is 10.8. The van der Waals surface area contributed by atoms with E-state index in [1.54, 1.807) is 20.8 Å². The molecule has 37 heavy (non-hydrogen) atoms. The highest BCUT2D eigenvalue weighted by Crippen LogP contribution is 2.55. The third-order valence-electron chi connectivity index (χ3n) is 6.24. The highest BCUT2D eigenvalue weighted by atomic mass is 31.2. The Morgan fingerprint density at radius 2 is 1.22 bits per heavy atom. The van der Waals surface area contributed by atoms with Crippen molar-refractivity contribution in [1.82, 2.24) is 10.2 Å². The van der Waals surface area contributed by atoms with Crippen molar-refractivity contribution in [1.29, 1.82) is 0 Å². The van der Waals surface area contributed by atoms with E-state index in [4.69, 9.17) is 4.74 Å². The molecule has 0 heterocycles. The van der Waals surface area contributed by atoms with Crippen LogP contribution in [0.5, 0.6) is 0 Å². The first-order valence-electron chi connectivity index (χ1n) is 13.0. The molecule has 0 radical (unpaired) electrons. The summed E-state index contributed by atoms with van der Waals surface area (Å²) < 4.78 is 5.15. The molecule has 0 atom stereocenters. The minimum absolute atomic E-state index is 0.255. The van der Waals surface area contributed by atoms with Crippen molar-refractivity contribution in [2.45, 2.75) is 45.6 Å². The Labute approximate surface area is 222 Å². The number of alkyl carbamates (subject to hydrolysis) is 1. The van der Waals surface area contributed by atoms with Crippen LogP contribution in [0.2, 0.25) is 0 Å². The van der Waals surface area contributed by atoms with Gasteiger partial charge in [0.15, 0.2) is 0 Å². The van der Waals surface area contributed by atoms with Gasteiger partial charge in [-0.25, -0.2) is 4.79 Å². The van der Waals surface area contributed by atoms with Gasteiger partial charge >= 0.3 is 6.09 Å². The van der Waals surface area contributed by atoms with E-state index in [1.165, 1.54) is 15.9 Å². The number of carbonyl (C=O) groups excluding carboxylic acids is 2. The first kappa shape index (κ1) is 28.6. The summed E-state index contributed by atoms with van der Waals surface area (Å²) in [5.74, 6) is -0.316. The van der Waals surface area contributed by atoms with Crippen LogP contribution in [-0.4, -0.2) is 48.8 Å². The van der Waals surface area contributed by atoms with E-state index in [0.29, 0.717) is 6.54 Å². The monoisotopic (exact) mass is 519 g/mol. The summed E-state index contributed by atoms with van der Waals surface area (Å²) >= 11 is 0. The van der Waals surface area contributed by atoms with Crippen LogP contribution in [0.3, 0.4) is 0 Å². The number of unbranched alkanes of at least 4 members (excludes halogenated alkanes) is 1. The Kier molecular flexibility index (Phi) is 10.4. The molecule has 5 nitrogen and oxygen atoms in total. The predicted molar refractivity (Wildman–Crippen MR) is 156 cm³/mol. The standard InChI is InChI=1S/C31H39N2O3P/c1-31(2,3)36-30(35)32-29(34)22-24-33(4)23-14-15-25-37(26-16-8-5-9-17-26,27-18-10-6-11-19-27)28-20-12-7-13-21-28/h5-13,16-21H,14-15,22-25H2,1-4H3/p+1. The number of rotatable bonds is 11. The van der Waals surface area contributed by atoms with E-state index in [-0.39, 0.29) is 12.3 Å². The molecule has 0 aliphatic heterocycles. The molecule has 3 aromatic carbocycles. The summed E-state index contributed by atoms with van der Waals surface area (Å²) in [6.45, 7) is 6.79. The topological polar surface area (TPSA) is 58.6 Å². The van der Waals surface area contributed by atoms with Gasteiger partial charge in [-0.2, -0.15) is 0 Å². The minimum atomic E-state index is -1.81. The molecule has 0 bridgehead atoms. The molecule has 196 valence electrons. The molecule has 0 fully saturated rings. The Hall–Kier alpha value is -3.01. The van der Waals surface area contributed by atoms with E-state index in [1.807, 2.05) is 7.05 Å². The van der Waals surface area contributed by atoms with E-state index in [2.05, 4.69) is 101 Å². The molecule has 3 aromatic rings. The van der Waals surface area contributed by atoms with Crippen molar-refractivity contribution in [3.63, 3.8) is 0 Å². The maximum absolute atomic E-state index is 12.1. The zero-order valence-electron chi connectivity index (χ0n) is 22.5. The number of carbonyl (C=O) groups is 2. The SMILES string of the molecule is CN(CCCC[P+](c1ccccc1)(c1ccccc1)c1ccccc1)CCC(=O)NC(=O)OC(C)(C)C. The quantitative estimate of drug-likeness (QED) is 0.282. The van der Waals surface area contributed by atoms with Gasteiger partial charge in [-0.3, -0.25) is 10.1 Å². The van der Waals surface area contributed by atoms with Crippen LogP contribution in [0.4, 0.5) is 4.79 Å². The molecule has 6 heteroatoms. The van der Waals surface area contributed by atoms with Crippen LogP contribution in [0.25, 0.3) is 0 Å². The summed E-state index contributed by atoms with van der Waals surface area (Å²) in [6, 6.07) is 32.8. The summed E-state index contributed by atoms with van der Waals surface area (Å²) in [5.41, 5.74) is -0.627. The molecule has 0 aliphatic carbocycles. The number of ether oxygens (including phenoxy) is 1. The van der Waals surface area contributed by atoms with Crippen molar-refractivity contribution in [3.8, 4) is 0 Å². The zero-order chi connectivity index (χ0) is 26.7. The lowest BCUT2D eigenvalue weighted by Gasteiger charge is -2.28. The summed E-state index contributed by atoms with van der Waals surface area (Å²) in [5, 5.41) is 6.52. The van der Waals surface area contributed by atoms with Gasteiger partial charge in [0.25, 0.3) is 0 Å². The Morgan fingerprint density at radius 3 is 1.65 bits per heavy atom. The number of nitrogens with zero attached hydrogens (tertiary/aromatic N) is 1.